The normalized spacial score (nSPS) is 17.2. The second kappa shape index (κ2) is 17.3. The minimum atomic E-state index is 0.289. The Labute approximate surface area is 320 Å². The summed E-state index contributed by atoms with van der Waals surface area (Å²) < 4.78 is 19.2. The van der Waals surface area contributed by atoms with Gasteiger partial charge < -0.3 is 24.4 Å². The number of nitrogens with one attached hydrogen (secondary N) is 1. The summed E-state index contributed by atoms with van der Waals surface area (Å²) in [6.45, 7) is 14.5. The number of benzene rings is 3. The largest absolute Gasteiger partial charge is 0.493 e. The van der Waals surface area contributed by atoms with Crippen LogP contribution in [0.1, 0.15) is 71.9 Å². The molecule has 9 heteroatoms. The van der Waals surface area contributed by atoms with E-state index in [0.717, 1.165) is 71.9 Å². The Kier molecular flexibility index (Phi) is 12.2. The molecule has 0 bridgehead atoms. The summed E-state index contributed by atoms with van der Waals surface area (Å²) in [4.78, 5) is 9.26. The van der Waals surface area contributed by atoms with E-state index in [4.69, 9.17) is 25.8 Å². The minimum Gasteiger partial charge on any atom is -0.493 e. The molecular formula is C44H52ClN5O3. The van der Waals surface area contributed by atoms with Crippen LogP contribution in [0.2, 0.25) is 5.02 Å². The smallest absolute Gasteiger partial charge is 0.142 e. The second-order valence-corrected chi connectivity index (χ2v) is 15.6. The summed E-state index contributed by atoms with van der Waals surface area (Å²) in [5, 5.41) is 13.4. The highest BCUT2D eigenvalue weighted by Crippen LogP contribution is 2.38. The molecule has 0 radical (unpaired) electrons. The number of nitriles is 1. The first-order chi connectivity index (χ1) is 25.9. The van der Waals surface area contributed by atoms with E-state index in [0.29, 0.717) is 35.0 Å². The summed E-state index contributed by atoms with van der Waals surface area (Å²) in [5.74, 6) is 2.25. The number of nitrogens with zero attached hydrogens (tertiary/aromatic N) is 4. The summed E-state index contributed by atoms with van der Waals surface area (Å²) in [7, 11) is 0. The Hall–Kier alpha value is -4.13. The SMILES string of the molecule is Cc1c(COc2cc(OCc3cncc(C#N)c3)c(CN3CCCCC3)cc2Cl)cccc1-c1cccc(OCCCN2CCC3(CC2)CNC3)c1C. The highest BCUT2D eigenvalue weighted by molar-refractivity contribution is 6.32. The number of rotatable bonds is 14. The third kappa shape index (κ3) is 9.16. The molecule has 0 amide bonds. The molecule has 0 atom stereocenters. The van der Waals surface area contributed by atoms with Gasteiger partial charge in [0.25, 0.3) is 0 Å². The molecule has 1 N–H and O–H groups in total. The number of hydrogen-bond acceptors (Lipinski definition) is 8. The van der Waals surface area contributed by atoms with Crippen molar-refractivity contribution in [1.29, 1.82) is 5.26 Å². The van der Waals surface area contributed by atoms with Crippen LogP contribution in [0.25, 0.3) is 11.1 Å². The van der Waals surface area contributed by atoms with Crippen LogP contribution in [-0.2, 0) is 19.8 Å². The van der Waals surface area contributed by atoms with Crippen molar-refractivity contribution in [3.8, 4) is 34.4 Å². The van der Waals surface area contributed by atoms with Crippen LogP contribution >= 0.6 is 11.6 Å². The Morgan fingerprint density at radius 3 is 2.30 bits per heavy atom. The van der Waals surface area contributed by atoms with Gasteiger partial charge in [0.15, 0.2) is 0 Å². The van der Waals surface area contributed by atoms with Crippen molar-refractivity contribution in [2.75, 3.05) is 52.4 Å². The van der Waals surface area contributed by atoms with Gasteiger partial charge in [-0.3, -0.25) is 9.88 Å². The first kappa shape index (κ1) is 37.2. The molecule has 0 unspecified atom stereocenters. The molecule has 4 aromatic rings. The molecule has 7 rings (SSSR count). The number of hydrogen-bond donors (Lipinski definition) is 1. The first-order valence-electron chi connectivity index (χ1n) is 19.3. The van der Waals surface area contributed by atoms with Gasteiger partial charge in [-0.1, -0.05) is 48.4 Å². The van der Waals surface area contributed by atoms with E-state index in [2.05, 4.69) is 76.4 Å². The van der Waals surface area contributed by atoms with Gasteiger partial charge in [0, 0.05) is 55.8 Å². The molecule has 1 spiro atoms. The number of likely N-dealkylation sites (tertiary alicyclic amines) is 2. The van der Waals surface area contributed by atoms with Gasteiger partial charge >= 0.3 is 0 Å². The van der Waals surface area contributed by atoms with Crippen LogP contribution in [0.4, 0.5) is 0 Å². The van der Waals surface area contributed by atoms with Gasteiger partial charge in [0.2, 0.25) is 0 Å². The van der Waals surface area contributed by atoms with Crippen molar-refractivity contribution < 1.29 is 14.2 Å². The molecule has 3 aromatic carbocycles. The van der Waals surface area contributed by atoms with Crippen molar-refractivity contribution in [3.63, 3.8) is 0 Å². The molecule has 4 heterocycles. The lowest BCUT2D eigenvalue weighted by Crippen LogP contribution is -2.58. The molecule has 3 fully saturated rings. The quantitative estimate of drug-likeness (QED) is 0.129. The van der Waals surface area contributed by atoms with Crippen LogP contribution < -0.4 is 19.5 Å². The van der Waals surface area contributed by atoms with E-state index in [1.165, 1.54) is 69.4 Å². The predicted molar refractivity (Wildman–Crippen MR) is 211 cm³/mol. The van der Waals surface area contributed by atoms with Gasteiger partial charge in [-0.15, -0.1) is 0 Å². The molecule has 0 saturated carbocycles. The summed E-state index contributed by atoms with van der Waals surface area (Å²) in [5.41, 5.74) is 8.69. The maximum absolute atomic E-state index is 9.34. The minimum absolute atomic E-state index is 0.289. The summed E-state index contributed by atoms with van der Waals surface area (Å²) in [6, 6.07) is 20.6. The lowest BCUT2D eigenvalue weighted by molar-refractivity contribution is 0.0532. The molecule has 1 aromatic heterocycles. The van der Waals surface area contributed by atoms with Crippen molar-refractivity contribution >= 4 is 11.6 Å². The van der Waals surface area contributed by atoms with E-state index >= 15 is 0 Å². The molecular weight excluding hydrogens is 682 g/mol. The topological polar surface area (TPSA) is 82.9 Å². The fraction of sp³-hybridized carbons (Fsp3) is 0.455. The molecule has 8 nitrogen and oxygen atoms in total. The zero-order chi connectivity index (χ0) is 36.6. The molecule has 278 valence electrons. The van der Waals surface area contributed by atoms with Crippen LogP contribution in [0.15, 0.2) is 67.0 Å². The van der Waals surface area contributed by atoms with E-state index < -0.39 is 0 Å². The van der Waals surface area contributed by atoms with Gasteiger partial charge in [-0.2, -0.15) is 5.26 Å². The van der Waals surface area contributed by atoms with Crippen LogP contribution in [0.5, 0.6) is 17.2 Å². The lowest BCUT2D eigenvalue weighted by atomic mass is 9.73. The second-order valence-electron chi connectivity index (χ2n) is 15.2. The van der Waals surface area contributed by atoms with Crippen molar-refractivity contribution in [2.45, 2.75) is 72.1 Å². The van der Waals surface area contributed by atoms with Crippen molar-refractivity contribution in [1.82, 2.24) is 20.1 Å². The Morgan fingerprint density at radius 1 is 0.792 bits per heavy atom. The van der Waals surface area contributed by atoms with E-state index in [9.17, 15) is 5.26 Å². The third-order valence-corrected chi connectivity index (χ3v) is 11.8. The third-order valence-electron chi connectivity index (χ3n) is 11.5. The average Bonchev–Trinajstić information content (AvgIpc) is 3.17. The zero-order valence-electron chi connectivity index (χ0n) is 31.3. The zero-order valence-corrected chi connectivity index (χ0v) is 32.0. The van der Waals surface area contributed by atoms with Crippen LogP contribution in [0, 0.1) is 30.6 Å². The maximum Gasteiger partial charge on any atom is 0.142 e. The van der Waals surface area contributed by atoms with Crippen molar-refractivity contribution in [3.05, 3.63) is 105 Å². The Balaban J connectivity index is 1.01. The Morgan fingerprint density at radius 2 is 1.55 bits per heavy atom. The first-order valence-corrected chi connectivity index (χ1v) is 19.7. The summed E-state index contributed by atoms with van der Waals surface area (Å²) >= 11 is 6.90. The highest BCUT2D eigenvalue weighted by Gasteiger charge is 2.39. The highest BCUT2D eigenvalue weighted by atomic mass is 35.5. The lowest BCUT2D eigenvalue weighted by Gasteiger charge is -2.48. The standard InChI is InChI=1S/C44H52ClN5O3/c1-32-36(9-6-10-38(32)39-11-7-12-41(33(39)2)51-20-8-17-49-18-13-44(14-19-49)30-48-31-44)29-53-43-23-42(52-28-35-21-34(24-46)25-47-26-35)37(22-40(43)45)27-50-15-4-3-5-16-50/h6-7,9-12,21-23,25-26,48H,3-5,8,13-20,27-31H2,1-2H3. The molecule has 53 heavy (non-hydrogen) atoms. The monoisotopic (exact) mass is 733 g/mol. The number of aromatic nitrogens is 1. The number of ether oxygens (including phenoxy) is 3. The van der Waals surface area contributed by atoms with Crippen molar-refractivity contribution in [2.24, 2.45) is 5.41 Å². The molecule has 3 saturated heterocycles. The van der Waals surface area contributed by atoms with Gasteiger partial charge in [0.1, 0.15) is 36.5 Å². The number of halogens is 1. The Bertz CT molecular complexity index is 1910. The van der Waals surface area contributed by atoms with Gasteiger partial charge in [-0.05, 0) is 124 Å². The van der Waals surface area contributed by atoms with Gasteiger partial charge in [0.05, 0.1) is 17.2 Å². The average molecular weight is 734 g/mol. The maximum atomic E-state index is 9.34. The molecule has 3 aliphatic rings. The van der Waals surface area contributed by atoms with Crippen LogP contribution in [0.3, 0.4) is 0 Å². The van der Waals surface area contributed by atoms with Crippen LogP contribution in [-0.4, -0.2) is 67.2 Å². The number of piperidine rings is 2. The molecule has 3 aliphatic heterocycles. The fourth-order valence-electron chi connectivity index (χ4n) is 7.99. The van der Waals surface area contributed by atoms with E-state index in [1.807, 2.05) is 18.2 Å². The fourth-order valence-corrected chi connectivity index (χ4v) is 8.24. The van der Waals surface area contributed by atoms with Gasteiger partial charge in [-0.25, -0.2) is 0 Å². The predicted octanol–water partition coefficient (Wildman–Crippen LogP) is 8.49. The summed E-state index contributed by atoms with van der Waals surface area (Å²) in [6.07, 6.45) is 10.6. The number of pyridine rings is 1. The van der Waals surface area contributed by atoms with E-state index in [1.54, 1.807) is 12.4 Å². The van der Waals surface area contributed by atoms with E-state index in [-0.39, 0.29) is 6.61 Å². The molecule has 0 aliphatic carbocycles.